The van der Waals surface area contributed by atoms with Crippen molar-refractivity contribution in [2.24, 2.45) is 17.6 Å². The second-order valence-electron chi connectivity index (χ2n) is 8.09. The van der Waals surface area contributed by atoms with Gasteiger partial charge in [0.1, 0.15) is 0 Å². The van der Waals surface area contributed by atoms with Crippen molar-refractivity contribution in [2.75, 3.05) is 13.1 Å². The SMILES string of the molecule is CCC1CCCC(C(N)C2(N3CCCCC3)CCCC2)C1. The van der Waals surface area contributed by atoms with E-state index in [2.05, 4.69) is 11.8 Å². The van der Waals surface area contributed by atoms with Crippen LogP contribution in [0.5, 0.6) is 0 Å². The summed E-state index contributed by atoms with van der Waals surface area (Å²) in [5, 5.41) is 0. The van der Waals surface area contributed by atoms with E-state index in [0.717, 1.165) is 11.8 Å². The third-order valence-corrected chi connectivity index (χ3v) is 6.98. The van der Waals surface area contributed by atoms with Gasteiger partial charge in [0.25, 0.3) is 0 Å². The normalized spacial score (nSPS) is 35.7. The Morgan fingerprint density at radius 3 is 2.38 bits per heavy atom. The molecule has 0 bridgehead atoms. The van der Waals surface area contributed by atoms with Gasteiger partial charge in [-0.3, -0.25) is 4.90 Å². The highest BCUT2D eigenvalue weighted by molar-refractivity contribution is 5.05. The van der Waals surface area contributed by atoms with Crippen LogP contribution in [0.3, 0.4) is 0 Å². The fourth-order valence-electron chi connectivity index (χ4n) is 5.66. The van der Waals surface area contributed by atoms with E-state index in [0.29, 0.717) is 11.6 Å². The molecule has 122 valence electrons. The van der Waals surface area contributed by atoms with E-state index in [1.54, 1.807) is 0 Å². The van der Waals surface area contributed by atoms with Gasteiger partial charge in [0, 0.05) is 11.6 Å². The zero-order chi connectivity index (χ0) is 14.7. The minimum absolute atomic E-state index is 0.376. The van der Waals surface area contributed by atoms with Gasteiger partial charge in [-0.1, -0.05) is 45.4 Å². The van der Waals surface area contributed by atoms with Gasteiger partial charge in [0.15, 0.2) is 0 Å². The second-order valence-corrected chi connectivity index (χ2v) is 8.09. The third kappa shape index (κ3) is 3.17. The zero-order valence-electron chi connectivity index (χ0n) is 14.2. The monoisotopic (exact) mass is 292 g/mol. The lowest BCUT2D eigenvalue weighted by Gasteiger charge is -2.50. The molecule has 1 aliphatic heterocycles. The molecule has 2 N–H and O–H groups in total. The summed E-state index contributed by atoms with van der Waals surface area (Å²) in [6.07, 6.45) is 16.9. The fourth-order valence-corrected chi connectivity index (χ4v) is 5.66. The maximum atomic E-state index is 6.99. The van der Waals surface area contributed by atoms with Crippen LogP contribution >= 0.6 is 0 Å². The summed E-state index contributed by atoms with van der Waals surface area (Å²) in [6, 6.07) is 0.437. The molecule has 0 radical (unpaired) electrons. The lowest BCUT2D eigenvalue weighted by molar-refractivity contribution is 0.0194. The fraction of sp³-hybridized carbons (Fsp3) is 1.00. The molecule has 0 aromatic rings. The van der Waals surface area contributed by atoms with Gasteiger partial charge in [-0.2, -0.15) is 0 Å². The van der Waals surface area contributed by atoms with Gasteiger partial charge in [-0.15, -0.1) is 0 Å². The van der Waals surface area contributed by atoms with E-state index in [1.807, 2.05) is 0 Å². The summed E-state index contributed by atoms with van der Waals surface area (Å²) in [5.74, 6) is 1.75. The highest BCUT2D eigenvalue weighted by Gasteiger charge is 2.47. The van der Waals surface area contributed by atoms with Crippen LogP contribution in [0.25, 0.3) is 0 Å². The molecule has 1 heterocycles. The molecular weight excluding hydrogens is 256 g/mol. The van der Waals surface area contributed by atoms with E-state index >= 15 is 0 Å². The maximum Gasteiger partial charge on any atom is 0.0363 e. The average molecular weight is 293 g/mol. The predicted molar refractivity (Wildman–Crippen MR) is 90.3 cm³/mol. The smallest absolute Gasteiger partial charge is 0.0363 e. The summed E-state index contributed by atoms with van der Waals surface area (Å²) < 4.78 is 0. The Morgan fingerprint density at radius 2 is 1.71 bits per heavy atom. The van der Waals surface area contributed by atoms with E-state index in [1.165, 1.54) is 90.1 Å². The van der Waals surface area contributed by atoms with Crippen LogP contribution in [0.1, 0.15) is 84.0 Å². The zero-order valence-corrected chi connectivity index (χ0v) is 14.2. The van der Waals surface area contributed by atoms with E-state index in [-0.39, 0.29) is 0 Å². The first-order chi connectivity index (χ1) is 10.3. The summed E-state index contributed by atoms with van der Waals surface area (Å²) in [6.45, 7) is 5.00. The van der Waals surface area contributed by atoms with Crippen LogP contribution in [-0.2, 0) is 0 Å². The molecule has 3 rings (SSSR count). The number of nitrogens with two attached hydrogens (primary N) is 1. The molecule has 2 saturated carbocycles. The molecule has 0 aromatic heterocycles. The highest BCUT2D eigenvalue weighted by Crippen LogP contribution is 2.44. The number of rotatable bonds is 4. The van der Waals surface area contributed by atoms with Gasteiger partial charge in [-0.05, 0) is 63.5 Å². The maximum absolute atomic E-state index is 6.99. The Hall–Kier alpha value is -0.0800. The minimum atomic E-state index is 0.376. The number of piperidine rings is 1. The molecule has 0 aromatic carbocycles. The van der Waals surface area contributed by atoms with Crippen molar-refractivity contribution in [3.05, 3.63) is 0 Å². The number of hydrogen-bond acceptors (Lipinski definition) is 2. The Labute approximate surface area is 131 Å². The highest BCUT2D eigenvalue weighted by atomic mass is 15.2. The lowest BCUT2D eigenvalue weighted by Crippen LogP contribution is -2.62. The molecule has 3 unspecified atom stereocenters. The number of hydrogen-bond donors (Lipinski definition) is 1. The molecule has 3 atom stereocenters. The molecule has 1 saturated heterocycles. The van der Waals surface area contributed by atoms with Crippen molar-refractivity contribution in [1.29, 1.82) is 0 Å². The Bertz CT molecular complexity index is 316. The molecule has 0 amide bonds. The van der Waals surface area contributed by atoms with Gasteiger partial charge < -0.3 is 5.73 Å². The van der Waals surface area contributed by atoms with Crippen LogP contribution in [0.15, 0.2) is 0 Å². The standard InChI is InChI=1S/C19H36N2/c1-2-16-9-8-10-17(15-16)18(20)19(11-4-5-12-19)21-13-6-3-7-14-21/h16-18H,2-15,20H2,1H3. The van der Waals surface area contributed by atoms with Crippen LogP contribution in [0.4, 0.5) is 0 Å². The summed E-state index contributed by atoms with van der Waals surface area (Å²) in [5.41, 5.74) is 7.37. The van der Waals surface area contributed by atoms with Crippen LogP contribution in [0.2, 0.25) is 0 Å². The molecule has 21 heavy (non-hydrogen) atoms. The van der Waals surface area contributed by atoms with Crippen LogP contribution in [-0.4, -0.2) is 29.6 Å². The Morgan fingerprint density at radius 1 is 1.00 bits per heavy atom. The Kier molecular flexibility index (Phi) is 5.27. The molecule has 3 aliphatic rings. The first-order valence-electron chi connectivity index (χ1n) is 9.77. The van der Waals surface area contributed by atoms with Crippen molar-refractivity contribution < 1.29 is 0 Å². The predicted octanol–water partition coefficient (Wildman–Crippen LogP) is 4.33. The lowest BCUT2D eigenvalue weighted by atomic mass is 9.70. The summed E-state index contributed by atoms with van der Waals surface area (Å²) in [4.78, 5) is 2.84. The van der Waals surface area contributed by atoms with Crippen molar-refractivity contribution in [3.63, 3.8) is 0 Å². The molecule has 0 spiro atoms. The van der Waals surface area contributed by atoms with Crippen LogP contribution in [0, 0.1) is 11.8 Å². The number of likely N-dealkylation sites (tertiary alicyclic amines) is 1. The minimum Gasteiger partial charge on any atom is -0.326 e. The van der Waals surface area contributed by atoms with Crippen molar-refractivity contribution in [2.45, 2.75) is 95.6 Å². The van der Waals surface area contributed by atoms with Crippen molar-refractivity contribution in [3.8, 4) is 0 Å². The molecular formula is C19H36N2. The largest absolute Gasteiger partial charge is 0.326 e. The molecule has 2 aliphatic carbocycles. The summed E-state index contributed by atoms with van der Waals surface area (Å²) in [7, 11) is 0. The van der Waals surface area contributed by atoms with E-state index in [4.69, 9.17) is 5.73 Å². The quantitative estimate of drug-likeness (QED) is 0.835. The van der Waals surface area contributed by atoms with Gasteiger partial charge in [0.2, 0.25) is 0 Å². The average Bonchev–Trinajstić information content (AvgIpc) is 3.06. The molecule has 3 fully saturated rings. The summed E-state index contributed by atoms with van der Waals surface area (Å²) >= 11 is 0. The first-order valence-corrected chi connectivity index (χ1v) is 9.77. The van der Waals surface area contributed by atoms with E-state index in [9.17, 15) is 0 Å². The van der Waals surface area contributed by atoms with Crippen molar-refractivity contribution in [1.82, 2.24) is 4.90 Å². The van der Waals surface area contributed by atoms with E-state index < -0.39 is 0 Å². The van der Waals surface area contributed by atoms with Gasteiger partial charge in [0.05, 0.1) is 0 Å². The Balaban J connectivity index is 1.73. The molecule has 2 heteroatoms. The topological polar surface area (TPSA) is 29.3 Å². The molecule has 2 nitrogen and oxygen atoms in total. The van der Waals surface area contributed by atoms with Gasteiger partial charge in [-0.25, -0.2) is 0 Å². The van der Waals surface area contributed by atoms with Crippen molar-refractivity contribution >= 4 is 0 Å². The van der Waals surface area contributed by atoms with Crippen LogP contribution < -0.4 is 5.73 Å². The second kappa shape index (κ2) is 7.00. The first kappa shape index (κ1) is 15.8. The van der Waals surface area contributed by atoms with Gasteiger partial charge >= 0.3 is 0 Å². The third-order valence-electron chi connectivity index (χ3n) is 6.98. The number of nitrogens with zero attached hydrogens (tertiary/aromatic N) is 1.